The van der Waals surface area contributed by atoms with E-state index in [1.165, 1.54) is 29.5 Å². The van der Waals surface area contributed by atoms with Gasteiger partial charge in [0.15, 0.2) is 10.8 Å². The molecule has 4 heterocycles. The lowest BCUT2D eigenvalue weighted by molar-refractivity contribution is -0.137. The summed E-state index contributed by atoms with van der Waals surface area (Å²) in [5, 5.41) is 15.3. The van der Waals surface area contributed by atoms with Gasteiger partial charge in [-0.05, 0) is 31.0 Å². The predicted molar refractivity (Wildman–Crippen MR) is 147 cm³/mol. The standard InChI is InChI=1S/C25H24ClF3N6O4S2/c26-17-11-14(27)4-5-16(17)22-21(18-6-8-35(32-18)25(28)29)19-12-15(33-41(38,39)10-2-1-3-20(36)37)13-34(19)23(31-22)24-30-7-9-40-24/h4-9,11,15,22,25,33H,1-3,10,12-13H2,(H,36,37)/t15-,22-/m0/s1. The van der Waals surface area contributed by atoms with Gasteiger partial charge in [-0.15, -0.1) is 11.3 Å². The molecule has 0 saturated carbocycles. The largest absolute Gasteiger partial charge is 0.481 e. The number of alkyl halides is 2. The number of benzene rings is 1. The van der Waals surface area contributed by atoms with Gasteiger partial charge in [-0.2, -0.15) is 13.9 Å². The Kier molecular flexibility index (Phi) is 8.50. The van der Waals surface area contributed by atoms with Crippen molar-refractivity contribution in [3.63, 3.8) is 0 Å². The predicted octanol–water partition coefficient (Wildman–Crippen LogP) is 4.69. The second-order valence-electron chi connectivity index (χ2n) is 9.48. The SMILES string of the molecule is O=C(O)CCCCS(=O)(=O)N[C@H]1CC2=C(c3ccn(C(F)F)n3)[C@H](c3ccc(F)cc3Cl)N=C(c3nccs3)N2C1. The van der Waals surface area contributed by atoms with Gasteiger partial charge >= 0.3 is 12.5 Å². The Morgan fingerprint density at radius 2 is 2.07 bits per heavy atom. The molecule has 2 aliphatic rings. The van der Waals surface area contributed by atoms with Crippen molar-refractivity contribution < 1.29 is 31.5 Å². The van der Waals surface area contributed by atoms with Crippen LogP contribution in [0.5, 0.6) is 0 Å². The summed E-state index contributed by atoms with van der Waals surface area (Å²) in [6.07, 6.45) is 3.16. The smallest absolute Gasteiger partial charge is 0.333 e. The minimum Gasteiger partial charge on any atom is -0.481 e. The first kappa shape index (κ1) is 29.2. The first-order valence-electron chi connectivity index (χ1n) is 12.5. The van der Waals surface area contributed by atoms with Crippen molar-refractivity contribution in [3.8, 4) is 0 Å². The zero-order chi connectivity index (χ0) is 29.3. The van der Waals surface area contributed by atoms with Gasteiger partial charge in [0.25, 0.3) is 0 Å². The van der Waals surface area contributed by atoms with E-state index in [1.807, 2.05) is 0 Å². The molecule has 1 aromatic carbocycles. The number of carboxylic acids is 1. The van der Waals surface area contributed by atoms with E-state index in [2.05, 4.69) is 14.8 Å². The number of unbranched alkanes of at least 4 members (excludes halogenated alkanes) is 1. The highest BCUT2D eigenvalue weighted by atomic mass is 35.5. The molecule has 0 aliphatic carbocycles. The first-order chi connectivity index (χ1) is 19.5. The van der Waals surface area contributed by atoms with Gasteiger partial charge in [0.2, 0.25) is 10.0 Å². The van der Waals surface area contributed by atoms with E-state index < -0.39 is 40.4 Å². The molecule has 5 rings (SSSR count). The van der Waals surface area contributed by atoms with Crippen LogP contribution in [0.25, 0.3) is 5.57 Å². The van der Waals surface area contributed by atoms with E-state index in [-0.39, 0.29) is 48.7 Å². The average Bonchev–Trinajstić information content (AvgIpc) is 3.66. The molecule has 0 spiro atoms. The molecule has 1 saturated heterocycles. The fourth-order valence-electron chi connectivity index (χ4n) is 4.91. The van der Waals surface area contributed by atoms with Gasteiger partial charge in [0.1, 0.15) is 11.9 Å². The number of aromatic nitrogens is 3. The van der Waals surface area contributed by atoms with Crippen LogP contribution in [0.3, 0.4) is 0 Å². The molecule has 2 aliphatic heterocycles. The zero-order valence-corrected chi connectivity index (χ0v) is 23.6. The summed E-state index contributed by atoms with van der Waals surface area (Å²) in [7, 11) is -3.77. The third-order valence-corrected chi connectivity index (χ3v) is 9.24. The Labute approximate surface area is 242 Å². The summed E-state index contributed by atoms with van der Waals surface area (Å²) in [5.74, 6) is -1.37. The molecule has 1 fully saturated rings. The van der Waals surface area contributed by atoms with Crippen molar-refractivity contribution in [1.29, 1.82) is 0 Å². The molecule has 3 aromatic rings. The first-order valence-corrected chi connectivity index (χ1v) is 15.4. The maximum atomic E-state index is 14.0. The molecule has 218 valence electrons. The number of hydrogen-bond acceptors (Lipinski definition) is 8. The van der Waals surface area contributed by atoms with Crippen LogP contribution in [0.1, 0.15) is 54.5 Å². The average molecular weight is 629 g/mol. The molecule has 16 heteroatoms. The Bertz CT molecular complexity index is 1610. The van der Waals surface area contributed by atoms with Gasteiger partial charge in [-0.1, -0.05) is 17.7 Å². The van der Waals surface area contributed by atoms with Crippen LogP contribution in [-0.2, 0) is 14.8 Å². The highest BCUT2D eigenvalue weighted by Crippen LogP contribution is 2.46. The number of nitrogens with one attached hydrogen (secondary N) is 1. The Morgan fingerprint density at radius 3 is 2.73 bits per heavy atom. The molecule has 2 atom stereocenters. The minimum atomic E-state index is -3.77. The second kappa shape index (κ2) is 11.9. The van der Waals surface area contributed by atoms with Crippen LogP contribution in [0.15, 0.2) is 52.7 Å². The van der Waals surface area contributed by atoms with E-state index in [9.17, 15) is 26.4 Å². The maximum Gasteiger partial charge on any atom is 0.333 e. The van der Waals surface area contributed by atoms with Crippen molar-refractivity contribution >= 4 is 50.3 Å². The number of thiazole rings is 1. The number of amidine groups is 1. The van der Waals surface area contributed by atoms with E-state index in [1.54, 1.807) is 16.5 Å². The highest BCUT2D eigenvalue weighted by Gasteiger charge is 2.41. The lowest BCUT2D eigenvalue weighted by Gasteiger charge is -2.32. The van der Waals surface area contributed by atoms with E-state index in [0.29, 0.717) is 32.4 Å². The molecule has 0 unspecified atom stereocenters. The van der Waals surface area contributed by atoms with E-state index in [4.69, 9.17) is 21.7 Å². The number of hydrogen-bond donors (Lipinski definition) is 2. The van der Waals surface area contributed by atoms with Gasteiger partial charge < -0.3 is 10.0 Å². The lowest BCUT2D eigenvalue weighted by Crippen LogP contribution is -2.40. The Morgan fingerprint density at radius 1 is 1.27 bits per heavy atom. The third kappa shape index (κ3) is 6.47. The summed E-state index contributed by atoms with van der Waals surface area (Å²) in [4.78, 5) is 21.8. The third-order valence-electron chi connectivity index (χ3n) is 6.62. The number of rotatable bonds is 11. The number of sulfonamides is 1. The van der Waals surface area contributed by atoms with Crippen LogP contribution in [0, 0.1) is 5.82 Å². The molecule has 2 N–H and O–H groups in total. The lowest BCUT2D eigenvalue weighted by atomic mass is 9.92. The molecule has 0 radical (unpaired) electrons. The summed E-state index contributed by atoms with van der Waals surface area (Å²) in [5.41, 5.74) is 1.63. The molecule has 0 amide bonds. The quantitative estimate of drug-likeness (QED) is 0.295. The van der Waals surface area contributed by atoms with Gasteiger partial charge in [-0.3, -0.25) is 9.79 Å². The number of halogens is 4. The van der Waals surface area contributed by atoms with Gasteiger partial charge in [-0.25, -0.2) is 27.2 Å². The molecule has 41 heavy (non-hydrogen) atoms. The number of aliphatic carboxylic acids is 1. The molecule has 2 aromatic heterocycles. The fourth-order valence-corrected chi connectivity index (χ4v) is 7.19. The van der Waals surface area contributed by atoms with E-state index >= 15 is 0 Å². The van der Waals surface area contributed by atoms with Crippen molar-refractivity contribution in [2.45, 2.75) is 44.3 Å². The molecule has 0 bridgehead atoms. The van der Waals surface area contributed by atoms with Crippen molar-refractivity contribution in [2.24, 2.45) is 4.99 Å². The summed E-state index contributed by atoms with van der Waals surface area (Å²) in [6, 6.07) is 3.76. The number of aliphatic imine (C=N–C) groups is 1. The number of fused-ring (bicyclic) bond motifs is 1. The van der Waals surface area contributed by atoms with Crippen LogP contribution in [-0.4, -0.2) is 63.3 Å². The van der Waals surface area contributed by atoms with Gasteiger partial charge in [0.05, 0.1) is 11.4 Å². The fraction of sp³-hybridized carbons (Fsp3) is 0.360. The summed E-state index contributed by atoms with van der Waals surface area (Å²) >= 11 is 7.76. The van der Waals surface area contributed by atoms with Crippen molar-refractivity contribution in [3.05, 3.63) is 74.8 Å². The normalized spacial score (nSPS) is 19.1. The van der Waals surface area contributed by atoms with Crippen LogP contribution in [0.4, 0.5) is 13.2 Å². The molecular weight excluding hydrogens is 605 g/mol. The number of carbonyl (C=O) groups is 1. The van der Waals surface area contributed by atoms with Crippen molar-refractivity contribution in [2.75, 3.05) is 12.3 Å². The topological polar surface area (TPSA) is 130 Å². The maximum absolute atomic E-state index is 14.0. The number of carboxylic acid groups (broad SMARTS) is 1. The summed E-state index contributed by atoms with van der Waals surface area (Å²) < 4.78 is 69.8. The second-order valence-corrected chi connectivity index (χ2v) is 12.7. The summed E-state index contributed by atoms with van der Waals surface area (Å²) in [6.45, 7) is -2.72. The zero-order valence-electron chi connectivity index (χ0n) is 21.3. The van der Waals surface area contributed by atoms with Crippen LogP contribution >= 0.6 is 22.9 Å². The Hall–Kier alpha value is -3.27. The monoisotopic (exact) mass is 628 g/mol. The van der Waals surface area contributed by atoms with Crippen LogP contribution in [0.2, 0.25) is 5.02 Å². The number of nitrogens with zero attached hydrogens (tertiary/aromatic N) is 5. The highest BCUT2D eigenvalue weighted by molar-refractivity contribution is 7.89. The van der Waals surface area contributed by atoms with Gasteiger partial charge in [0, 0.05) is 65.1 Å². The van der Waals surface area contributed by atoms with Crippen molar-refractivity contribution in [1.82, 2.24) is 24.4 Å². The van der Waals surface area contributed by atoms with Crippen LogP contribution < -0.4 is 4.72 Å². The van der Waals surface area contributed by atoms with E-state index in [0.717, 1.165) is 12.3 Å². The molecular formula is C25H24ClF3N6O4S2. The molecule has 10 nitrogen and oxygen atoms in total. The minimum absolute atomic E-state index is 0.0775. The Balaban J connectivity index is 1.56.